The zero-order valence-corrected chi connectivity index (χ0v) is 10.3. The van der Waals surface area contributed by atoms with Crippen molar-refractivity contribution < 1.29 is 9.84 Å². The van der Waals surface area contributed by atoms with Crippen molar-refractivity contribution in [2.24, 2.45) is 11.0 Å². The second kappa shape index (κ2) is 4.88. The zero-order chi connectivity index (χ0) is 14.0. The quantitative estimate of drug-likeness (QED) is 0.462. The number of nitrogen functional groups attached to an aromatic ring is 1. The lowest BCUT2D eigenvalue weighted by Gasteiger charge is -2.22. The molecule has 3 atom stereocenters. The average molecular weight is 266 g/mol. The number of aliphatic hydroxyl groups is 1. The smallest absolute Gasteiger partial charge is 0.351 e. The first-order chi connectivity index (χ1) is 9.01. The third-order valence-corrected chi connectivity index (χ3v) is 3.07. The summed E-state index contributed by atoms with van der Waals surface area (Å²) in [7, 11) is 0. The van der Waals surface area contributed by atoms with E-state index in [0.29, 0.717) is 6.42 Å². The summed E-state index contributed by atoms with van der Waals surface area (Å²) in [6.45, 7) is 1.38. The molecule has 1 aromatic rings. The average Bonchev–Trinajstić information content (AvgIpc) is 2.68. The summed E-state index contributed by atoms with van der Waals surface area (Å²) in [5.74, 6) is -0.00357. The number of hydrogen-bond acceptors (Lipinski definition) is 6. The summed E-state index contributed by atoms with van der Waals surface area (Å²) < 4.78 is 6.84. The van der Waals surface area contributed by atoms with Crippen LogP contribution in [0.2, 0.25) is 0 Å². The summed E-state index contributed by atoms with van der Waals surface area (Å²) >= 11 is 0. The van der Waals surface area contributed by atoms with E-state index in [1.807, 2.05) is 6.92 Å². The Bertz CT molecular complexity index is 581. The van der Waals surface area contributed by atoms with E-state index in [0.717, 1.165) is 0 Å². The van der Waals surface area contributed by atoms with Crippen LogP contribution in [0.15, 0.2) is 22.2 Å². The summed E-state index contributed by atoms with van der Waals surface area (Å²) in [6, 6.07) is 1.48. The number of nitrogens with zero attached hydrogens (tertiary/aromatic N) is 5. The van der Waals surface area contributed by atoms with E-state index >= 15 is 0 Å². The van der Waals surface area contributed by atoms with Gasteiger partial charge >= 0.3 is 5.69 Å². The highest BCUT2D eigenvalue weighted by Crippen LogP contribution is 2.41. The molecule has 0 aromatic carbocycles. The molecule has 2 heterocycles. The minimum atomic E-state index is -1.33. The highest BCUT2D eigenvalue weighted by molar-refractivity contribution is 5.23. The van der Waals surface area contributed by atoms with Crippen LogP contribution in [-0.2, 0) is 4.74 Å². The van der Waals surface area contributed by atoms with Gasteiger partial charge in [-0.25, -0.2) is 4.79 Å². The van der Waals surface area contributed by atoms with Crippen LogP contribution in [0, 0.1) is 5.92 Å². The van der Waals surface area contributed by atoms with Gasteiger partial charge in [0.2, 0.25) is 0 Å². The molecule has 0 amide bonds. The monoisotopic (exact) mass is 266 g/mol. The number of hydrogen-bond donors (Lipinski definition) is 2. The number of anilines is 1. The zero-order valence-electron chi connectivity index (χ0n) is 10.3. The van der Waals surface area contributed by atoms with Gasteiger partial charge in [0.1, 0.15) is 12.0 Å². The molecule has 2 rings (SSSR count). The number of rotatable bonds is 3. The van der Waals surface area contributed by atoms with E-state index in [9.17, 15) is 9.90 Å². The Morgan fingerprint density at radius 3 is 3.16 bits per heavy atom. The molecule has 3 N–H and O–H groups in total. The minimum absolute atomic E-state index is 0.121. The number of ether oxygens (including phenoxy) is 1. The van der Waals surface area contributed by atoms with E-state index in [1.165, 1.54) is 16.8 Å². The molecule has 9 nitrogen and oxygen atoms in total. The molecule has 1 aliphatic rings. The molecule has 1 aliphatic heterocycles. The number of azide groups is 1. The predicted octanol–water partition coefficient (Wildman–Crippen LogP) is 0.379. The Kier molecular flexibility index (Phi) is 3.43. The van der Waals surface area contributed by atoms with E-state index in [1.54, 1.807) is 0 Å². The fourth-order valence-corrected chi connectivity index (χ4v) is 2.22. The largest absolute Gasteiger partial charge is 0.393 e. The molecule has 102 valence electrons. The lowest BCUT2D eigenvalue weighted by molar-refractivity contribution is -0.0993. The van der Waals surface area contributed by atoms with Crippen LogP contribution in [0.3, 0.4) is 0 Å². The molecule has 0 saturated carbocycles. The van der Waals surface area contributed by atoms with Crippen LogP contribution >= 0.6 is 0 Å². The molecule has 1 aromatic heterocycles. The van der Waals surface area contributed by atoms with E-state index < -0.39 is 24.2 Å². The summed E-state index contributed by atoms with van der Waals surface area (Å²) in [5.41, 5.74) is 12.1. The van der Waals surface area contributed by atoms with Crippen LogP contribution in [0.4, 0.5) is 5.82 Å². The maximum atomic E-state index is 11.8. The molecule has 0 bridgehead atoms. The SMILES string of the molecule is C[C@H]1C[C@](CO)(N=[N+]=[N-])OC1n1ccc(N)nc1=O. The van der Waals surface area contributed by atoms with Crippen molar-refractivity contribution in [1.29, 1.82) is 0 Å². The molecular weight excluding hydrogens is 252 g/mol. The first-order valence-electron chi connectivity index (χ1n) is 5.71. The third-order valence-electron chi connectivity index (χ3n) is 3.07. The van der Waals surface area contributed by atoms with Crippen molar-refractivity contribution in [3.63, 3.8) is 0 Å². The Labute approximate surface area is 108 Å². The van der Waals surface area contributed by atoms with Crippen molar-refractivity contribution >= 4 is 5.82 Å². The molecule has 0 spiro atoms. The van der Waals surface area contributed by atoms with Crippen LogP contribution in [0.5, 0.6) is 0 Å². The minimum Gasteiger partial charge on any atom is -0.393 e. The van der Waals surface area contributed by atoms with E-state index in [-0.39, 0.29) is 11.7 Å². The van der Waals surface area contributed by atoms with Gasteiger partial charge in [0, 0.05) is 17.0 Å². The fourth-order valence-electron chi connectivity index (χ4n) is 2.22. The van der Waals surface area contributed by atoms with Crippen molar-refractivity contribution in [2.45, 2.75) is 25.3 Å². The van der Waals surface area contributed by atoms with Crippen molar-refractivity contribution in [3.05, 3.63) is 33.2 Å². The van der Waals surface area contributed by atoms with Crippen molar-refractivity contribution in [1.82, 2.24) is 9.55 Å². The van der Waals surface area contributed by atoms with Gasteiger partial charge in [-0.3, -0.25) is 4.57 Å². The van der Waals surface area contributed by atoms with Gasteiger partial charge in [-0.1, -0.05) is 12.0 Å². The lowest BCUT2D eigenvalue weighted by Crippen LogP contribution is -2.33. The lowest BCUT2D eigenvalue weighted by atomic mass is 10.0. The molecule has 19 heavy (non-hydrogen) atoms. The van der Waals surface area contributed by atoms with Gasteiger partial charge < -0.3 is 15.6 Å². The normalized spacial score (nSPS) is 30.0. The molecule has 0 aliphatic carbocycles. The van der Waals surface area contributed by atoms with Crippen LogP contribution in [0.1, 0.15) is 19.6 Å². The Morgan fingerprint density at radius 1 is 1.84 bits per heavy atom. The number of aliphatic hydroxyl groups excluding tert-OH is 1. The predicted molar refractivity (Wildman–Crippen MR) is 65.8 cm³/mol. The van der Waals surface area contributed by atoms with Gasteiger partial charge in [0.15, 0.2) is 5.72 Å². The summed E-state index contributed by atoms with van der Waals surface area (Å²) in [4.78, 5) is 18.0. The topological polar surface area (TPSA) is 139 Å². The van der Waals surface area contributed by atoms with E-state index in [2.05, 4.69) is 15.0 Å². The second-order valence-electron chi connectivity index (χ2n) is 4.53. The van der Waals surface area contributed by atoms with E-state index in [4.69, 9.17) is 16.0 Å². The molecule has 1 unspecified atom stereocenters. The van der Waals surface area contributed by atoms with Gasteiger partial charge in [-0.15, -0.1) is 0 Å². The van der Waals surface area contributed by atoms with Crippen molar-refractivity contribution in [3.8, 4) is 0 Å². The molecular formula is C10H14N6O3. The summed E-state index contributed by atoms with van der Waals surface area (Å²) in [5, 5.41) is 12.8. The Hall–Kier alpha value is -2.09. The third kappa shape index (κ3) is 2.39. The highest BCUT2D eigenvalue weighted by Gasteiger charge is 2.45. The molecule has 9 heteroatoms. The molecule has 1 saturated heterocycles. The van der Waals surface area contributed by atoms with Crippen LogP contribution in [-0.4, -0.2) is 27.0 Å². The first kappa shape index (κ1) is 13.3. The van der Waals surface area contributed by atoms with Crippen molar-refractivity contribution in [2.75, 3.05) is 12.3 Å². The maximum absolute atomic E-state index is 11.8. The van der Waals surface area contributed by atoms with Gasteiger partial charge in [-0.2, -0.15) is 4.98 Å². The van der Waals surface area contributed by atoms with Gasteiger partial charge in [0.05, 0.1) is 6.61 Å². The number of nitrogens with two attached hydrogens (primary N) is 1. The molecule has 1 fully saturated rings. The van der Waals surface area contributed by atoms with Gasteiger partial charge in [0.25, 0.3) is 0 Å². The van der Waals surface area contributed by atoms with Crippen LogP contribution in [0.25, 0.3) is 10.4 Å². The van der Waals surface area contributed by atoms with Crippen LogP contribution < -0.4 is 11.4 Å². The summed E-state index contributed by atoms with van der Waals surface area (Å²) in [6.07, 6.45) is 1.13. The Morgan fingerprint density at radius 2 is 2.58 bits per heavy atom. The fraction of sp³-hybridized carbons (Fsp3) is 0.600. The number of aromatic nitrogens is 2. The Balaban J connectivity index is 2.37. The van der Waals surface area contributed by atoms with Gasteiger partial charge in [-0.05, 0) is 18.0 Å². The first-order valence-corrected chi connectivity index (χ1v) is 5.71. The highest BCUT2D eigenvalue weighted by atomic mass is 16.6. The second-order valence-corrected chi connectivity index (χ2v) is 4.53. The standard InChI is InChI=1S/C10H14N6O3/c1-6-4-10(5-17,14-15-12)19-8(6)16-3-2-7(11)13-9(16)18/h2-3,6,8,17H,4-5H2,1H3,(H2,11,13,18)/t6-,8?,10-/m0/s1. The molecule has 0 radical (unpaired) electrons. The maximum Gasteiger partial charge on any atom is 0.351 e.